The third-order valence-corrected chi connectivity index (χ3v) is 3.16. The molecule has 0 radical (unpaired) electrons. The standard InChI is InChI=1S/C14H18N2O4/c1-14(2,10-17)15(3)13(18)9-8-11-6-4-5-7-12(11)16(19)20/h4-9,17H,10H2,1-3H3/b9-8+. The number of nitro benzene ring substituents is 1. The molecule has 0 aliphatic heterocycles. The summed E-state index contributed by atoms with van der Waals surface area (Å²) in [4.78, 5) is 23.7. The molecule has 1 aromatic carbocycles. The molecule has 6 nitrogen and oxygen atoms in total. The van der Waals surface area contributed by atoms with Crippen molar-refractivity contribution in [3.8, 4) is 0 Å². The first kappa shape index (κ1) is 15.8. The number of hydrogen-bond donors (Lipinski definition) is 1. The quantitative estimate of drug-likeness (QED) is 0.506. The van der Waals surface area contributed by atoms with Crippen LogP contribution >= 0.6 is 0 Å². The Kier molecular flexibility index (Phi) is 4.99. The molecule has 0 heterocycles. The number of benzene rings is 1. The van der Waals surface area contributed by atoms with Gasteiger partial charge in [-0.2, -0.15) is 0 Å². The number of rotatable bonds is 5. The van der Waals surface area contributed by atoms with Gasteiger partial charge in [0.15, 0.2) is 0 Å². The molecule has 0 unspecified atom stereocenters. The lowest BCUT2D eigenvalue weighted by molar-refractivity contribution is -0.385. The first-order valence-electron chi connectivity index (χ1n) is 6.10. The summed E-state index contributed by atoms with van der Waals surface area (Å²) < 4.78 is 0. The predicted octanol–water partition coefficient (Wildman–Crippen LogP) is 1.84. The van der Waals surface area contributed by atoms with Gasteiger partial charge in [0.25, 0.3) is 5.69 Å². The zero-order valence-electron chi connectivity index (χ0n) is 11.7. The van der Waals surface area contributed by atoms with Gasteiger partial charge in [-0.25, -0.2) is 0 Å². The first-order valence-corrected chi connectivity index (χ1v) is 6.10. The van der Waals surface area contributed by atoms with Crippen LogP contribution in [0, 0.1) is 10.1 Å². The van der Waals surface area contributed by atoms with Gasteiger partial charge in [-0.1, -0.05) is 12.1 Å². The number of hydrogen-bond acceptors (Lipinski definition) is 4. The van der Waals surface area contributed by atoms with Gasteiger partial charge in [0, 0.05) is 19.2 Å². The van der Waals surface area contributed by atoms with Crippen LogP contribution in [0.15, 0.2) is 30.3 Å². The van der Waals surface area contributed by atoms with Crippen molar-refractivity contribution in [2.75, 3.05) is 13.7 Å². The second-order valence-corrected chi connectivity index (χ2v) is 5.02. The van der Waals surface area contributed by atoms with E-state index in [9.17, 15) is 20.0 Å². The van der Waals surface area contributed by atoms with Crippen molar-refractivity contribution < 1.29 is 14.8 Å². The fraction of sp³-hybridized carbons (Fsp3) is 0.357. The molecule has 6 heteroatoms. The van der Waals surface area contributed by atoms with E-state index in [0.29, 0.717) is 5.56 Å². The van der Waals surface area contributed by atoms with E-state index in [2.05, 4.69) is 0 Å². The minimum Gasteiger partial charge on any atom is -0.394 e. The number of nitro groups is 1. The molecule has 108 valence electrons. The fourth-order valence-corrected chi connectivity index (χ4v) is 1.47. The topological polar surface area (TPSA) is 83.7 Å². The zero-order valence-corrected chi connectivity index (χ0v) is 11.7. The van der Waals surface area contributed by atoms with Crippen molar-refractivity contribution in [2.45, 2.75) is 19.4 Å². The molecule has 0 aliphatic carbocycles. The summed E-state index contributed by atoms with van der Waals surface area (Å²) in [6, 6.07) is 6.18. The van der Waals surface area contributed by atoms with Crippen molar-refractivity contribution in [2.24, 2.45) is 0 Å². The van der Waals surface area contributed by atoms with Crippen LogP contribution in [-0.4, -0.2) is 40.0 Å². The van der Waals surface area contributed by atoms with Crippen molar-refractivity contribution in [1.82, 2.24) is 4.90 Å². The van der Waals surface area contributed by atoms with E-state index in [1.54, 1.807) is 39.1 Å². The molecule has 1 rings (SSSR count). The predicted molar refractivity (Wildman–Crippen MR) is 76.1 cm³/mol. The first-order chi connectivity index (χ1) is 9.29. The van der Waals surface area contributed by atoms with Crippen LogP contribution < -0.4 is 0 Å². The van der Waals surface area contributed by atoms with E-state index in [0.717, 1.165) is 0 Å². The van der Waals surface area contributed by atoms with Gasteiger partial charge in [-0.05, 0) is 26.0 Å². The number of likely N-dealkylation sites (N-methyl/N-ethyl adjacent to an activating group) is 1. The lowest BCUT2D eigenvalue weighted by Gasteiger charge is -2.33. The van der Waals surface area contributed by atoms with Crippen LogP contribution in [0.4, 0.5) is 5.69 Å². The minimum absolute atomic E-state index is 0.0550. The molecule has 1 N–H and O–H groups in total. The van der Waals surface area contributed by atoms with Gasteiger partial charge in [-0.3, -0.25) is 14.9 Å². The average molecular weight is 278 g/mol. The molecule has 0 atom stereocenters. The molecule has 1 aromatic rings. The van der Waals surface area contributed by atoms with Crippen LogP contribution in [0.1, 0.15) is 19.4 Å². The molecule has 0 spiro atoms. The molecule has 0 saturated carbocycles. The molecule has 0 saturated heterocycles. The number of carbonyl (C=O) groups excluding carboxylic acids is 1. The minimum atomic E-state index is -0.690. The Morgan fingerprint density at radius 2 is 2.05 bits per heavy atom. The second-order valence-electron chi connectivity index (χ2n) is 5.02. The Bertz CT molecular complexity index is 538. The lowest BCUT2D eigenvalue weighted by Crippen LogP contribution is -2.47. The van der Waals surface area contributed by atoms with E-state index < -0.39 is 10.5 Å². The summed E-state index contributed by atoms with van der Waals surface area (Å²) in [5.74, 6) is -0.331. The lowest BCUT2D eigenvalue weighted by atomic mass is 10.0. The van der Waals surface area contributed by atoms with Crippen molar-refractivity contribution >= 4 is 17.7 Å². The molecule has 1 amide bonds. The summed E-state index contributed by atoms with van der Waals surface area (Å²) in [5, 5.41) is 20.1. The third kappa shape index (κ3) is 3.64. The van der Waals surface area contributed by atoms with Gasteiger partial charge in [-0.15, -0.1) is 0 Å². The number of amides is 1. The molecular formula is C14H18N2O4. The highest BCUT2D eigenvalue weighted by Gasteiger charge is 2.25. The van der Waals surface area contributed by atoms with Crippen LogP contribution in [0.5, 0.6) is 0 Å². The maximum Gasteiger partial charge on any atom is 0.276 e. The Labute approximate surface area is 117 Å². The summed E-state index contributed by atoms with van der Waals surface area (Å²) in [6.45, 7) is 3.28. The Morgan fingerprint density at radius 3 is 2.60 bits per heavy atom. The number of para-hydroxylation sites is 1. The Morgan fingerprint density at radius 1 is 1.45 bits per heavy atom. The van der Waals surface area contributed by atoms with E-state index in [-0.39, 0.29) is 18.2 Å². The maximum absolute atomic E-state index is 12.0. The van der Waals surface area contributed by atoms with Crippen LogP contribution in [-0.2, 0) is 4.79 Å². The smallest absolute Gasteiger partial charge is 0.276 e. The Hall–Kier alpha value is -2.21. The second kappa shape index (κ2) is 6.29. The van der Waals surface area contributed by atoms with Gasteiger partial charge >= 0.3 is 0 Å². The monoisotopic (exact) mass is 278 g/mol. The average Bonchev–Trinajstić information content (AvgIpc) is 2.43. The fourth-order valence-electron chi connectivity index (χ4n) is 1.47. The number of aliphatic hydroxyl groups is 1. The molecular weight excluding hydrogens is 260 g/mol. The van der Waals surface area contributed by atoms with Gasteiger partial charge in [0.1, 0.15) is 0 Å². The van der Waals surface area contributed by atoms with Crippen LogP contribution in [0.25, 0.3) is 6.08 Å². The van der Waals surface area contributed by atoms with E-state index >= 15 is 0 Å². The van der Waals surface area contributed by atoms with E-state index in [1.807, 2.05) is 0 Å². The maximum atomic E-state index is 12.0. The van der Waals surface area contributed by atoms with Gasteiger partial charge in [0.05, 0.1) is 22.6 Å². The van der Waals surface area contributed by atoms with E-state index in [4.69, 9.17) is 0 Å². The SMILES string of the molecule is CN(C(=O)/C=C/c1ccccc1[N+](=O)[O-])C(C)(C)CO. The van der Waals surface area contributed by atoms with Gasteiger partial charge < -0.3 is 10.0 Å². The largest absolute Gasteiger partial charge is 0.394 e. The molecule has 0 bridgehead atoms. The molecule has 0 fully saturated rings. The number of carbonyl (C=O) groups is 1. The van der Waals surface area contributed by atoms with Crippen molar-refractivity contribution in [3.05, 3.63) is 46.0 Å². The zero-order chi connectivity index (χ0) is 15.3. The summed E-state index contributed by atoms with van der Waals surface area (Å²) in [7, 11) is 1.57. The normalized spacial score (nSPS) is 11.6. The van der Waals surface area contributed by atoms with Crippen LogP contribution in [0.2, 0.25) is 0 Å². The molecule has 0 aromatic heterocycles. The van der Waals surface area contributed by atoms with Crippen molar-refractivity contribution in [1.29, 1.82) is 0 Å². The van der Waals surface area contributed by atoms with Crippen molar-refractivity contribution in [3.63, 3.8) is 0 Å². The Balaban J connectivity index is 2.94. The number of nitrogens with zero attached hydrogens (tertiary/aromatic N) is 2. The highest BCUT2D eigenvalue weighted by Crippen LogP contribution is 2.19. The summed E-state index contributed by atoms with van der Waals surface area (Å²) >= 11 is 0. The molecule has 20 heavy (non-hydrogen) atoms. The number of aliphatic hydroxyl groups excluding tert-OH is 1. The van der Waals surface area contributed by atoms with Gasteiger partial charge in [0.2, 0.25) is 5.91 Å². The highest BCUT2D eigenvalue weighted by molar-refractivity contribution is 5.92. The summed E-state index contributed by atoms with van der Waals surface area (Å²) in [5.41, 5.74) is -0.383. The summed E-state index contributed by atoms with van der Waals surface area (Å²) in [6.07, 6.45) is 2.67. The molecule has 0 aliphatic rings. The van der Waals surface area contributed by atoms with E-state index in [1.165, 1.54) is 23.1 Å². The highest BCUT2D eigenvalue weighted by atomic mass is 16.6. The van der Waals surface area contributed by atoms with Crippen LogP contribution in [0.3, 0.4) is 0 Å². The third-order valence-electron chi connectivity index (χ3n) is 3.16.